The number of nitrogens with zero attached hydrogens (tertiary/aromatic N) is 3. The molecule has 0 saturated heterocycles. The van der Waals surface area contributed by atoms with E-state index in [2.05, 4.69) is 31.3 Å². The van der Waals surface area contributed by atoms with Crippen molar-refractivity contribution in [1.29, 1.82) is 0 Å². The topological polar surface area (TPSA) is 108 Å². The van der Waals surface area contributed by atoms with E-state index in [-0.39, 0.29) is 5.91 Å². The number of halogens is 1. The number of nitrogens with two attached hydrogens (primary N) is 1. The first-order valence-electron chi connectivity index (χ1n) is 8.35. The van der Waals surface area contributed by atoms with E-state index in [0.717, 1.165) is 15.8 Å². The van der Waals surface area contributed by atoms with Crippen LogP contribution in [0.15, 0.2) is 57.6 Å². The number of pyridine rings is 1. The smallest absolute Gasteiger partial charge is 0.251 e. The van der Waals surface area contributed by atoms with Crippen LogP contribution in [0.5, 0.6) is 5.75 Å². The second kappa shape index (κ2) is 7.35. The quantitative estimate of drug-likeness (QED) is 0.491. The van der Waals surface area contributed by atoms with Crippen LogP contribution in [0.25, 0.3) is 17.2 Å². The van der Waals surface area contributed by atoms with Gasteiger partial charge in [-0.3, -0.25) is 4.79 Å². The highest BCUT2D eigenvalue weighted by Crippen LogP contribution is 2.24. The van der Waals surface area contributed by atoms with Gasteiger partial charge in [0.2, 0.25) is 5.82 Å². The summed E-state index contributed by atoms with van der Waals surface area (Å²) in [6.07, 6.45) is 1.54. The molecule has 4 aromatic rings. The molecule has 0 aliphatic carbocycles. The molecule has 3 aromatic heterocycles. The number of fused-ring (bicyclic) bond motifs is 1. The number of amides is 1. The van der Waals surface area contributed by atoms with Gasteiger partial charge in [0.1, 0.15) is 17.8 Å². The van der Waals surface area contributed by atoms with Gasteiger partial charge in [0.15, 0.2) is 11.4 Å². The van der Waals surface area contributed by atoms with Crippen molar-refractivity contribution in [2.75, 3.05) is 12.8 Å². The van der Waals surface area contributed by atoms with E-state index in [4.69, 9.17) is 14.9 Å². The number of hydrogen-bond acceptors (Lipinski definition) is 6. The van der Waals surface area contributed by atoms with Gasteiger partial charge in [0.05, 0.1) is 11.6 Å². The Morgan fingerprint density at radius 2 is 2.07 bits per heavy atom. The van der Waals surface area contributed by atoms with Gasteiger partial charge < -0.3 is 20.2 Å². The fourth-order valence-corrected chi connectivity index (χ4v) is 3.00. The van der Waals surface area contributed by atoms with Crippen LogP contribution >= 0.6 is 15.9 Å². The van der Waals surface area contributed by atoms with Crippen molar-refractivity contribution < 1.29 is 13.9 Å². The van der Waals surface area contributed by atoms with Gasteiger partial charge in [-0.2, -0.15) is 4.52 Å². The number of hydrogen-bond donors (Lipinski definition) is 2. The summed E-state index contributed by atoms with van der Waals surface area (Å²) in [7, 11) is 1.61. The highest BCUT2D eigenvalue weighted by atomic mass is 79.9. The molecule has 0 saturated carbocycles. The fraction of sp³-hybridized carbons (Fsp3) is 0.105. The average Bonchev–Trinajstić information content (AvgIpc) is 3.32. The van der Waals surface area contributed by atoms with Crippen molar-refractivity contribution >= 4 is 33.3 Å². The summed E-state index contributed by atoms with van der Waals surface area (Å²) < 4.78 is 12.8. The number of anilines is 1. The molecule has 28 heavy (non-hydrogen) atoms. The van der Waals surface area contributed by atoms with Crippen LogP contribution in [-0.4, -0.2) is 27.6 Å². The molecule has 8 nitrogen and oxygen atoms in total. The Kier molecular flexibility index (Phi) is 4.74. The van der Waals surface area contributed by atoms with Gasteiger partial charge in [-0.1, -0.05) is 12.1 Å². The predicted octanol–water partition coefficient (Wildman–Crippen LogP) is 3.27. The monoisotopic (exact) mass is 441 g/mol. The normalized spacial score (nSPS) is 10.9. The molecule has 4 rings (SSSR count). The minimum absolute atomic E-state index is 0.254. The van der Waals surface area contributed by atoms with Crippen LogP contribution in [0, 0.1) is 0 Å². The van der Waals surface area contributed by atoms with E-state index < -0.39 is 0 Å². The van der Waals surface area contributed by atoms with E-state index in [1.165, 1.54) is 4.52 Å². The van der Waals surface area contributed by atoms with E-state index in [9.17, 15) is 4.79 Å². The van der Waals surface area contributed by atoms with E-state index in [1.54, 1.807) is 31.6 Å². The number of benzene rings is 1. The maximum Gasteiger partial charge on any atom is 0.251 e. The molecule has 142 valence electrons. The molecule has 0 aliphatic heterocycles. The minimum Gasteiger partial charge on any atom is -0.497 e. The van der Waals surface area contributed by atoms with Crippen molar-refractivity contribution in [3.63, 3.8) is 0 Å². The molecule has 0 radical (unpaired) electrons. The zero-order valence-corrected chi connectivity index (χ0v) is 16.4. The molecular weight excluding hydrogens is 426 g/mol. The third kappa shape index (κ3) is 3.56. The van der Waals surface area contributed by atoms with Crippen molar-refractivity contribution in [3.8, 4) is 17.3 Å². The van der Waals surface area contributed by atoms with E-state index in [0.29, 0.717) is 35.2 Å². The summed E-state index contributed by atoms with van der Waals surface area (Å²) in [5.74, 6) is 1.69. The average molecular weight is 442 g/mol. The van der Waals surface area contributed by atoms with Gasteiger partial charge in [0, 0.05) is 18.2 Å². The van der Waals surface area contributed by atoms with Crippen molar-refractivity contribution in [3.05, 3.63) is 64.3 Å². The number of furan rings is 1. The highest BCUT2D eigenvalue weighted by molar-refractivity contribution is 9.10. The van der Waals surface area contributed by atoms with Gasteiger partial charge in [-0.05, 0) is 45.8 Å². The molecule has 0 unspecified atom stereocenters. The lowest BCUT2D eigenvalue weighted by atomic mass is 10.2. The molecule has 1 aromatic carbocycles. The largest absolute Gasteiger partial charge is 0.497 e. The molecule has 0 aliphatic rings. The van der Waals surface area contributed by atoms with Gasteiger partial charge >= 0.3 is 0 Å². The summed E-state index contributed by atoms with van der Waals surface area (Å²) in [5, 5.41) is 7.20. The molecule has 3 N–H and O–H groups in total. The second-order valence-electron chi connectivity index (χ2n) is 6.03. The first-order chi connectivity index (χ1) is 13.5. The van der Waals surface area contributed by atoms with Gasteiger partial charge in [-0.25, -0.2) is 4.98 Å². The molecule has 3 heterocycles. The lowest BCUT2D eigenvalue weighted by molar-refractivity contribution is 0.0951. The summed E-state index contributed by atoms with van der Waals surface area (Å²) >= 11 is 3.32. The van der Waals surface area contributed by atoms with Crippen LogP contribution < -0.4 is 15.8 Å². The third-order valence-electron chi connectivity index (χ3n) is 4.13. The first kappa shape index (κ1) is 18.1. The Morgan fingerprint density at radius 3 is 2.75 bits per heavy atom. The second-order valence-corrected chi connectivity index (χ2v) is 6.95. The standard InChI is InChI=1S/C19H16BrN5O3/c1-27-14-4-2-11(3-5-14)9-22-19(26)12-6-16(21)25-17(7-12)23-18(24-25)15-8-13(20)10-28-15/h2-8,10H,9,21H2,1H3,(H,22,26). The first-order valence-corrected chi connectivity index (χ1v) is 9.14. The summed E-state index contributed by atoms with van der Waals surface area (Å²) in [4.78, 5) is 16.9. The highest BCUT2D eigenvalue weighted by Gasteiger charge is 2.15. The number of nitrogen functional groups attached to an aromatic ring is 1. The summed E-state index contributed by atoms with van der Waals surface area (Å²) in [6, 6.07) is 12.4. The number of aromatic nitrogens is 3. The predicted molar refractivity (Wildman–Crippen MR) is 107 cm³/mol. The van der Waals surface area contributed by atoms with Crippen LogP contribution in [0.2, 0.25) is 0 Å². The number of methoxy groups -OCH3 is 1. The Bertz CT molecular complexity index is 1150. The summed E-state index contributed by atoms with van der Waals surface area (Å²) in [6.45, 7) is 0.381. The Morgan fingerprint density at radius 1 is 1.29 bits per heavy atom. The van der Waals surface area contributed by atoms with E-state index >= 15 is 0 Å². The van der Waals surface area contributed by atoms with Crippen LogP contribution in [0.3, 0.4) is 0 Å². The molecule has 0 atom stereocenters. The number of rotatable bonds is 5. The minimum atomic E-state index is -0.254. The zero-order chi connectivity index (χ0) is 19.7. The van der Waals surface area contributed by atoms with Crippen LogP contribution in [-0.2, 0) is 6.54 Å². The molecule has 0 spiro atoms. The van der Waals surface area contributed by atoms with Crippen LogP contribution in [0.4, 0.5) is 5.82 Å². The molecule has 1 amide bonds. The Balaban J connectivity index is 1.55. The van der Waals surface area contributed by atoms with Crippen molar-refractivity contribution in [2.24, 2.45) is 0 Å². The zero-order valence-electron chi connectivity index (χ0n) is 14.8. The molecule has 0 bridgehead atoms. The lowest BCUT2D eigenvalue weighted by Gasteiger charge is -2.07. The maximum atomic E-state index is 12.5. The van der Waals surface area contributed by atoms with Crippen molar-refractivity contribution in [1.82, 2.24) is 19.9 Å². The lowest BCUT2D eigenvalue weighted by Crippen LogP contribution is -2.23. The maximum absolute atomic E-state index is 12.5. The summed E-state index contributed by atoms with van der Waals surface area (Å²) in [5.41, 5.74) is 7.87. The molecular formula is C19H16BrN5O3. The van der Waals surface area contributed by atoms with Gasteiger partial charge in [0.25, 0.3) is 5.91 Å². The SMILES string of the molecule is COc1ccc(CNC(=O)c2cc(N)n3nc(-c4cc(Br)co4)nc3c2)cc1. The fourth-order valence-electron chi connectivity index (χ4n) is 2.70. The Labute approximate surface area is 168 Å². The number of carbonyl (C=O) groups is 1. The molecule has 9 heteroatoms. The van der Waals surface area contributed by atoms with E-state index in [1.807, 2.05) is 24.3 Å². The number of nitrogens with one attached hydrogen (secondary N) is 1. The van der Waals surface area contributed by atoms with Gasteiger partial charge in [-0.15, -0.1) is 5.10 Å². The Hall–Kier alpha value is -3.33. The molecule has 0 fully saturated rings. The van der Waals surface area contributed by atoms with Crippen LogP contribution in [0.1, 0.15) is 15.9 Å². The number of ether oxygens (including phenoxy) is 1. The third-order valence-corrected chi connectivity index (χ3v) is 4.54. The van der Waals surface area contributed by atoms with Crippen molar-refractivity contribution in [2.45, 2.75) is 6.54 Å². The number of carbonyl (C=O) groups excluding carboxylic acids is 1.